The van der Waals surface area contributed by atoms with Gasteiger partial charge in [-0.1, -0.05) is 12.1 Å². The number of rotatable bonds is 6. The summed E-state index contributed by atoms with van der Waals surface area (Å²) in [7, 11) is 3.77. The summed E-state index contributed by atoms with van der Waals surface area (Å²) in [5, 5.41) is 7.41. The fraction of sp³-hybridized carbons (Fsp3) is 0.444. The van der Waals surface area contributed by atoms with Gasteiger partial charge in [0, 0.05) is 24.8 Å². The van der Waals surface area contributed by atoms with Crippen LogP contribution in [0.15, 0.2) is 24.3 Å². The Morgan fingerprint density at radius 3 is 2.50 bits per heavy atom. The molecule has 0 aliphatic rings. The largest absolute Gasteiger partial charge is 0.348 e. The van der Waals surface area contributed by atoms with Gasteiger partial charge in [-0.2, -0.15) is 5.10 Å². The molecule has 2 aromatic rings. The molecule has 24 heavy (non-hydrogen) atoms. The molecular weight excluding hydrogens is 307 g/mol. The fourth-order valence-electron chi connectivity index (χ4n) is 2.98. The zero-order valence-electron chi connectivity index (χ0n) is 14.9. The van der Waals surface area contributed by atoms with Crippen LogP contribution in [0.5, 0.6) is 0 Å². The van der Waals surface area contributed by atoms with E-state index in [1.807, 2.05) is 44.4 Å². The second-order valence-electron chi connectivity index (χ2n) is 6.30. The van der Waals surface area contributed by atoms with Crippen LogP contribution < -0.4 is 5.32 Å². The van der Waals surface area contributed by atoms with E-state index in [-0.39, 0.29) is 24.3 Å². The predicted molar refractivity (Wildman–Crippen MR) is 92.0 cm³/mol. The molecule has 0 bridgehead atoms. The lowest BCUT2D eigenvalue weighted by atomic mass is 10.1. The Morgan fingerprint density at radius 2 is 1.96 bits per heavy atom. The maximum Gasteiger partial charge on any atom is 0.234 e. The van der Waals surface area contributed by atoms with Gasteiger partial charge in [0.2, 0.25) is 5.91 Å². The number of benzene rings is 1. The quantitative estimate of drug-likeness (QED) is 0.884. The second-order valence-corrected chi connectivity index (χ2v) is 6.30. The summed E-state index contributed by atoms with van der Waals surface area (Å²) < 4.78 is 14.7. The number of hydrogen-bond acceptors (Lipinski definition) is 3. The lowest BCUT2D eigenvalue weighted by molar-refractivity contribution is -0.122. The maximum absolute atomic E-state index is 12.9. The standard InChI is InChI=1S/C18H25FN4O/c1-12(18-13(2)21-23(5)14(18)3)20-17(24)11-22(4)10-15-6-8-16(19)9-7-15/h6-9,12H,10-11H2,1-5H3,(H,20,24). The highest BCUT2D eigenvalue weighted by Crippen LogP contribution is 2.20. The van der Waals surface area contributed by atoms with Crippen molar-refractivity contribution in [2.75, 3.05) is 13.6 Å². The van der Waals surface area contributed by atoms with Crippen molar-refractivity contribution in [3.63, 3.8) is 0 Å². The monoisotopic (exact) mass is 332 g/mol. The molecule has 5 nitrogen and oxygen atoms in total. The molecule has 0 aliphatic heterocycles. The number of aromatic nitrogens is 2. The Hall–Kier alpha value is -2.21. The van der Waals surface area contributed by atoms with Crippen molar-refractivity contribution in [2.24, 2.45) is 7.05 Å². The van der Waals surface area contributed by atoms with Crippen molar-refractivity contribution in [3.05, 3.63) is 52.6 Å². The van der Waals surface area contributed by atoms with Gasteiger partial charge in [0.1, 0.15) is 5.82 Å². The molecule has 0 spiro atoms. The lowest BCUT2D eigenvalue weighted by Crippen LogP contribution is -2.36. The minimum atomic E-state index is -0.254. The van der Waals surface area contributed by atoms with Crippen LogP contribution in [0.25, 0.3) is 0 Å². The molecule has 130 valence electrons. The van der Waals surface area contributed by atoms with E-state index in [9.17, 15) is 9.18 Å². The van der Waals surface area contributed by atoms with Crippen LogP contribution in [-0.4, -0.2) is 34.2 Å². The molecule has 6 heteroatoms. The Balaban J connectivity index is 1.91. The molecule has 0 radical (unpaired) electrons. The molecule has 0 saturated carbocycles. The Kier molecular flexibility index (Phi) is 5.72. The third-order valence-electron chi connectivity index (χ3n) is 4.15. The van der Waals surface area contributed by atoms with Gasteiger partial charge < -0.3 is 5.32 Å². The van der Waals surface area contributed by atoms with Gasteiger partial charge in [0.05, 0.1) is 18.3 Å². The van der Waals surface area contributed by atoms with Gasteiger partial charge in [-0.3, -0.25) is 14.4 Å². The van der Waals surface area contributed by atoms with Crippen molar-refractivity contribution >= 4 is 5.91 Å². The normalized spacial score (nSPS) is 12.5. The van der Waals surface area contributed by atoms with Gasteiger partial charge in [-0.15, -0.1) is 0 Å². The van der Waals surface area contributed by atoms with Crippen LogP contribution in [0.1, 0.15) is 35.5 Å². The lowest BCUT2D eigenvalue weighted by Gasteiger charge is -2.19. The van der Waals surface area contributed by atoms with Crippen LogP contribution >= 0.6 is 0 Å². The van der Waals surface area contributed by atoms with E-state index in [0.717, 1.165) is 22.5 Å². The molecule has 1 atom stereocenters. The van der Waals surface area contributed by atoms with E-state index < -0.39 is 0 Å². The highest BCUT2D eigenvalue weighted by Gasteiger charge is 2.18. The summed E-state index contributed by atoms with van der Waals surface area (Å²) in [6.45, 7) is 6.78. The van der Waals surface area contributed by atoms with Crippen LogP contribution in [0.2, 0.25) is 0 Å². The fourth-order valence-corrected chi connectivity index (χ4v) is 2.98. The summed E-state index contributed by atoms with van der Waals surface area (Å²) >= 11 is 0. The topological polar surface area (TPSA) is 50.2 Å². The molecule has 0 aliphatic carbocycles. The number of likely N-dealkylation sites (N-methyl/N-ethyl adjacent to an activating group) is 1. The molecule has 1 amide bonds. The number of halogens is 1. The SMILES string of the molecule is Cc1nn(C)c(C)c1C(C)NC(=O)CN(C)Cc1ccc(F)cc1. The summed E-state index contributed by atoms with van der Waals surface area (Å²) in [5.74, 6) is -0.301. The van der Waals surface area contributed by atoms with Crippen molar-refractivity contribution in [1.82, 2.24) is 20.0 Å². The first-order valence-electron chi connectivity index (χ1n) is 8.00. The van der Waals surface area contributed by atoms with E-state index in [2.05, 4.69) is 10.4 Å². The minimum absolute atomic E-state index is 0.0465. The smallest absolute Gasteiger partial charge is 0.234 e. The number of nitrogens with zero attached hydrogens (tertiary/aromatic N) is 3. The van der Waals surface area contributed by atoms with Crippen LogP contribution in [-0.2, 0) is 18.4 Å². The summed E-state index contributed by atoms with van der Waals surface area (Å²) in [4.78, 5) is 14.2. The zero-order valence-corrected chi connectivity index (χ0v) is 14.9. The molecule has 1 aromatic heterocycles. The van der Waals surface area contributed by atoms with Gasteiger partial charge in [0.25, 0.3) is 0 Å². The maximum atomic E-state index is 12.9. The molecule has 1 heterocycles. The molecule has 1 N–H and O–H groups in total. The summed E-state index contributed by atoms with van der Waals surface area (Å²) in [6, 6.07) is 6.23. The first kappa shape index (κ1) is 18.1. The van der Waals surface area contributed by atoms with Gasteiger partial charge in [0.15, 0.2) is 0 Å². The minimum Gasteiger partial charge on any atom is -0.348 e. The van der Waals surface area contributed by atoms with Crippen LogP contribution in [0.4, 0.5) is 4.39 Å². The van der Waals surface area contributed by atoms with Gasteiger partial charge in [-0.25, -0.2) is 4.39 Å². The molecule has 1 unspecified atom stereocenters. The number of carbonyl (C=O) groups excluding carboxylic acids is 1. The molecular formula is C18H25FN4O. The predicted octanol–water partition coefficient (Wildman–Crippen LogP) is 2.49. The van der Waals surface area contributed by atoms with Crippen LogP contribution in [0.3, 0.4) is 0 Å². The molecule has 1 aromatic carbocycles. The number of hydrogen-bond donors (Lipinski definition) is 1. The van der Waals surface area contributed by atoms with Crippen LogP contribution in [0, 0.1) is 19.7 Å². The van der Waals surface area contributed by atoms with E-state index in [0.29, 0.717) is 6.54 Å². The first-order valence-corrected chi connectivity index (χ1v) is 8.00. The van der Waals surface area contributed by atoms with Crippen molar-refractivity contribution in [3.8, 4) is 0 Å². The Labute approximate surface area is 142 Å². The number of carbonyl (C=O) groups is 1. The van der Waals surface area contributed by atoms with Crippen molar-refractivity contribution < 1.29 is 9.18 Å². The highest BCUT2D eigenvalue weighted by atomic mass is 19.1. The molecule has 2 rings (SSSR count). The average Bonchev–Trinajstić information content (AvgIpc) is 2.74. The van der Waals surface area contributed by atoms with Crippen molar-refractivity contribution in [2.45, 2.75) is 33.4 Å². The number of nitrogens with one attached hydrogen (secondary N) is 1. The number of aryl methyl sites for hydroxylation is 2. The van der Waals surface area contributed by atoms with E-state index >= 15 is 0 Å². The van der Waals surface area contributed by atoms with Gasteiger partial charge in [-0.05, 0) is 45.5 Å². The molecule has 0 saturated heterocycles. The first-order chi connectivity index (χ1) is 11.3. The summed E-state index contributed by atoms with van der Waals surface area (Å²) in [5.41, 5.74) is 4.02. The van der Waals surface area contributed by atoms with Gasteiger partial charge >= 0.3 is 0 Å². The molecule has 0 fully saturated rings. The Bertz CT molecular complexity index is 709. The number of amides is 1. The van der Waals surface area contributed by atoms with E-state index in [1.165, 1.54) is 12.1 Å². The summed E-state index contributed by atoms with van der Waals surface area (Å²) in [6.07, 6.45) is 0. The Morgan fingerprint density at radius 1 is 1.33 bits per heavy atom. The van der Waals surface area contributed by atoms with E-state index in [4.69, 9.17) is 0 Å². The highest BCUT2D eigenvalue weighted by molar-refractivity contribution is 5.78. The van der Waals surface area contributed by atoms with Crippen molar-refractivity contribution in [1.29, 1.82) is 0 Å². The third-order valence-corrected chi connectivity index (χ3v) is 4.15. The zero-order chi connectivity index (χ0) is 17.9. The van der Waals surface area contributed by atoms with E-state index in [1.54, 1.807) is 12.1 Å². The third kappa shape index (κ3) is 4.41. The second kappa shape index (κ2) is 7.57. The average molecular weight is 332 g/mol.